The molecular weight excluding hydrogens is 344 g/mol. The minimum atomic E-state index is -3.72. The Hall–Kier alpha value is -1.31. The fourth-order valence-corrected chi connectivity index (χ4v) is 3.86. The maximum atomic E-state index is 12.4. The lowest BCUT2D eigenvalue weighted by Crippen LogP contribution is -2.13. The van der Waals surface area contributed by atoms with Gasteiger partial charge in [-0.05, 0) is 47.0 Å². The van der Waals surface area contributed by atoms with Gasteiger partial charge in [0.05, 0.1) is 12.2 Å². The fourth-order valence-electron chi connectivity index (χ4n) is 1.74. The number of hydrogen-bond donors (Lipinski definition) is 2. The van der Waals surface area contributed by atoms with Crippen LogP contribution in [0.15, 0.2) is 38.2 Å². The van der Waals surface area contributed by atoms with Crippen LogP contribution in [0.1, 0.15) is 16.9 Å². The third kappa shape index (κ3) is 2.89. The molecule has 1 aromatic heterocycles. The largest absolute Gasteiger partial charge is 0.452 e. The average molecular weight is 359 g/mol. The molecule has 20 heavy (non-hydrogen) atoms. The molecular formula is C13H15BrN2O3S. The van der Waals surface area contributed by atoms with Gasteiger partial charge in [-0.25, -0.2) is 8.42 Å². The summed E-state index contributed by atoms with van der Waals surface area (Å²) in [5.74, 6) is 0.401. The Balaban J connectivity index is 2.40. The molecule has 0 saturated heterocycles. The highest BCUT2D eigenvalue weighted by Gasteiger charge is 2.23. The fraction of sp³-hybridized carbons (Fsp3) is 0.231. The summed E-state index contributed by atoms with van der Waals surface area (Å²) < 4.78 is 32.7. The number of aryl methyl sites for hydroxylation is 1. The van der Waals surface area contributed by atoms with Gasteiger partial charge in [0.15, 0.2) is 4.67 Å². The van der Waals surface area contributed by atoms with Gasteiger partial charge in [-0.3, -0.25) is 4.72 Å². The molecule has 0 aliphatic carbocycles. The number of furan rings is 1. The van der Waals surface area contributed by atoms with E-state index in [2.05, 4.69) is 20.7 Å². The van der Waals surface area contributed by atoms with Crippen LogP contribution in [0.2, 0.25) is 0 Å². The summed E-state index contributed by atoms with van der Waals surface area (Å²) in [6.45, 7) is 3.92. The van der Waals surface area contributed by atoms with Crippen LogP contribution in [0.25, 0.3) is 0 Å². The topological polar surface area (TPSA) is 85.3 Å². The van der Waals surface area contributed by atoms with E-state index in [-0.39, 0.29) is 16.1 Å². The summed E-state index contributed by atoms with van der Waals surface area (Å²) in [5, 5.41) is 0. The SMILES string of the molecule is Cc1cccc(NS(=O)(=O)c2cc(CN)oc2Br)c1C. The highest BCUT2D eigenvalue weighted by molar-refractivity contribution is 9.10. The van der Waals surface area contributed by atoms with Gasteiger partial charge in [-0.2, -0.15) is 0 Å². The number of benzene rings is 1. The molecule has 0 fully saturated rings. The first-order chi connectivity index (χ1) is 9.35. The molecule has 0 bridgehead atoms. The molecule has 0 radical (unpaired) electrons. The van der Waals surface area contributed by atoms with E-state index in [1.165, 1.54) is 6.07 Å². The van der Waals surface area contributed by atoms with Gasteiger partial charge in [0.25, 0.3) is 10.0 Å². The second kappa shape index (κ2) is 5.59. The van der Waals surface area contributed by atoms with E-state index in [1.54, 1.807) is 12.1 Å². The van der Waals surface area contributed by atoms with Gasteiger partial charge >= 0.3 is 0 Å². The lowest BCUT2D eigenvalue weighted by atomic mass is 10.1. The Bertz CT molecular complexity index is 738. The third-order valence-corrected chi connectivity index (χ3v) is 5.27. The Morgan fingerprint density at radius 3 is 2.65 bits per heavy atom. The van der Waals surface area contributed by atoms with Crippen molar-refractivity contribution in [3.8, 4) is 0 Å². The Kier molecular flexibility index (Phi) is 4.22. The third-order valence-electron chi connectivity index (χ3n) is 3.05. The molecule has 0 spiro atoms. The number of halogens is 1. The molecule has 0 amide bonds. The average Bonchev–Trinajstić information content (AvgIpc) is 2.77. The number of sulfonamides is 1. The van der Waals surface area contributed by atoms with Crippen molar-refractivity contribution in [3.05, 3.63) is 45.8 Å². The van der Waals surface area contributed by atoms with Crippen LogP contribution >= 0.6 is 15.9 Å². The molecule has 1 heterocycles. The quantitative estimate of drug-likeness (QED) is 0.879. The van der Waals surface area contributed by atoms with E-state index in [0.29, 0.717) is 11.4 Å². The molecule has 2 rings (SSSR count). The van der Waals surface area contributed by atoms with Crippen LogP contribution in [0, 0.1) is 13.8 Å². The molecule has 108 valence electrons. The molecule has 3 N–H and O–H groups in total. The first-order valence-electron chi connectivity index (χ1n) is 5.92. The number of nitrogens with one attached hydrogen (secondary N) is 1. The first-order valence-corrected chi connectivity index (χ1v) is 8.20. The molecule has 0 aliphatic heterocycles. The van der Waals surface area contributed by atoms with Crippen LogP contribution in [0.5, 0.6) is 0 Å². The lowest BCUT2D eigenvalue weighted by molar-refractivity contribution is 0.484. The molecule has 0 saturated carbocycles. The summed E-state index contributed by atoms with van der Waals surface area (Å²) in [4.78, 5) is 0.0406. The second-order valence-corrected chi connectivity index (χ2v) is 6.78. The predicted molar refractivity (Wildman–Crippen MR) is 81.0 cm³/mol. The van der Waals surface area contributed by atoms with Crippen LogP contribution in [0.4, 0.5) is 5.69 Å². The maximum Gasteiger partial charge on any atom is 0.266 e. The maximum absolute atomic E-state index is 12.4. The summed E-state index contributed by atoms with van der Waals surface area (Å²) >= 11 is 3.10. The van der Waals surface area contributed by atoms with Crippen molar-refractivity contribution < 1.29 is 12.8 Å². The molecule has 1 aromatic carbocycles. The summed E-state index contributed by atoms with van der Waals surface area (Å²) in [6.07, 6.45) is 0. The molecule has 0 unspecified atom stereocenters. The van der Waals surface area contributed by atoms with Crippen molar-refractivity contribution in [2.24, 2.45) is 5.73 Å². The zero-order valence-electron chi connectivity index (χ0n) is 11.1. The number of anilines is 1. The van der Waals surface area contributed by atoms with Gasteiger partial charge < -0.3 is 10.2 Å². The van der Waals surface area contributed by atoms with Crippen LogP contribution in [-0.2, 0) is 16.6 Å². The normalized spacial score (nSPS) is 11.6. The number of rotatable bonds is 4. The molecule has 7 heteroatoms. The minimum absolute atomic E-state index is 0.0406. The van der Waals surface area contributed by atoms with E-state index in [0.717, 1.165) is 11.1 Å². The lowest BCUT2D eigenvalue weighted by Gasteiger charge is -2.11. The first kappa shape index (κ1) is 15.1. The summed E-state index contributed by atoms with van der Waals surface area (Å²) in [6, 6.07) is 6.86. The predicted octanol–water partition coefficient (Wildman–Crippen LogP) is 2.92. The Morgan fingerprint density at radius 1 is 1.35 bits per heavy atom. The van der Waals surface area contributed by atoms with Crippen molar-refractivity contribution in [2.75, 3.05) is 4.72 Å². The summed E-state index contributed by atoms with van der Waals surface area (Å²) in [7, 11) is -3.72. The Labute approximate surface area is 126 Å². The van der Waals surface area contributed by atoms with E-state index < -0.39 is 10.0 Å². The van der Waals surface area contributed by atoms with Gasteiger partial charge in [-0.1, -0.05) is 12.1 Å². The van der Waals surface area contributed by atoms with E-state index >= 15 is 0 Å². The molecule has 5 nitrogen and oxygen atoms in total. The van der Waals surface area contributed by atoms with Crippen LogP contribution < -0.4 is 10.5 Å². The number of nitrogens with two attached hydrogens (primary N) is 1. The van der Waals surface area contributed by atoms with Crippen molar-refractivity contribution in [1.82, 2.24) is 0 Å². The summed E-state index contributed by atoms with van der Waals surface area (Å²) in [5.41, 5.74) is 7.89. The van der Waals surface area contributed by atoms with Gasteiger partial charge in [0, 0.05) is 6.07 Å². The van der Waals surface area contributed by atoms with E-state index in [4.69, 9.17) is 10.2 Å². The second-order valence-electron chi connectivity index (χ2n) is 4.41. The highest BCUT2D eigenvalue weighted by atomic mass is 79.9. The highest BCUT2D eigenvalue weighted by Crippen LogP contribution is 2.29. The smallest absolute Gasteiger partial charge is 0.266 e. The Morgan fingerprint density at radius 2 is 2.05 bits per heavy atom. The molecule has 2 aromatic rings. The zero-order chi connectivity index (χ0) is 14.9. The monoisotopic (exact) mass is 358 g/mol. The van der Waals surface area contributed by atoms with Gasteiger partial charge in [-0.15, -0.1) is 0 Å². The van der Waals surface area contributed by atoms with Gasteiger partial charge in [0.2, 0.25) is 0 Å². The van der Waals surface area contributed by atoms with Gasteiger partial charge in [0.1, 0.15) is 10.7 Å². The number of hydrogen-bond acceptors (Lipinski definition) is 4. The zero-order valence-corrected chi connectivity index (χ0v) is 13.5. The molecule has 0 atom stereocenters. The van der Waals surface area contributed by atoms with Crippen LogP contribution in [-0.4, -0.2) is 8.42 Å². The van der Waals surface area contributed by atoms with Crippen molar-refractivity contribution >= 4 is 31.6 Å². The molecule has 0 aliphatic rings. The van der Waals surface area contributed by atoms with E-state index in [1.807, 2.05) is 19.9 Å². The van der Waals surface area contributed by atoms with E-state index in [9.17, 15) is 8.42 Å². The van der Waals surface area contributed by atoms with Crippen molar-refractivity contribution in [3.63, 3.8) is 0 Å². The van der Waals surface area contributed by atoms with Crippen LogP contribution in [0.3, 0.4) is 0 Å². The van der Waals surface area contributed by atoms with Crippen molar-refractivity contribution in [2.45, 2.75) is 25.3 Å². The van der Waals surface area contributed by atoms with Crippen molar-refractivity contribution in [1.29, 1.82) is 0 Å². The standard InChI is InChI=1S/C13H15BrN2O3S/c1-8-4-3-5-11(9(8)2)16-20(17,18)12-6-10(7-15)19-13(12)14/h3-6,16H,7,15H2,1-2H3. The minimum Gasteiger partial charge on any atom is -0.452 e.